The van der Waals surface area contributed by atoms with Gasteiger partial charge in [0.05, 0.1) is 15.5 Å². The summed E-state index contributed by atoms with van der Waals surface area (Å²) < 4.78 is 0.393. The molecule has 1 aliphatic rings. The van der Waals surface area contributed by atoms with Gasteiger partial charge in [0.25, 0.3) is 11.6 Å². The monoisotopic (exact) mass is 343 g/mol. The molecule has 8 heteroatoms. The summed E-state index contributed by atoms with van der Waals surface area (Å²) in [6.45, 7) is 0. The van der Waals surface area contributed by atoms with Crippen LogP contribution >= 0.6 is 24.0 Å². The van der Waals surface area contributed by atoms with E-state index in [2.05, 4.69) is 4.98 Å². The maximum absolute atomic E-state index is 12.5. The van der Waals surface area contributed by atoms with Crippen LogP contribution in [0.1, 0.15) is 5.56 Å². The van der Waals surface area contributed by atoms with Crippen molar-refractivity contribution in [1.82, 2.24) is 4.98 Å². The van der Waals surface area contributed by atoms with Crippen molar-refractivity contribution in [2.75, 3.05) is 4.90 Å². The van der Waals surface area contributed by atoms with Crippen molar-refractivity contribution in [3.8, 4) is 0 Å². The molecule has 6 nitrogen and oxygen atoms in total. The summed E-state index contributed by atoms with van der Waals surface area (Å²) >= 11 is 6.45. The van der Waals surface area contributed by atoms with E-state index in [0.717, 1.165) is 5.56 Å². The molecule has 1 amide bonds. The molecule has 0 spiro atoms. The number of thioether (sulfide) groups is 1. The number of carbonyl (C=O) groups excluding carboxylic acids is 1. The Morgan fingerprint density at radius 2 is 1.83 bits per heavy atom. The van der Waals surface area contributed by atoms with Crippen LogP contribution in [0.2, 0.25) is 0 Å². The molecule has 0 radical (unpaired) electrons. The van der Waals surface area contributed by atoms with E-state index in [-0.39, 0.29) is 11.6 Å². The van der Waals surface area contributed by atoms with Crippen molar-refractivity contribution in [3.63, 3.8) is 0 Å². The zero-order valence-electron chi connectivity index (χ0n) is 11.6. The quantitative estimate of drug-likeness (QED) is 0.368. The third-order valence-corrected chi connectivity index (χ3v) is 4.42. The minimum Gasteiger partial charge on any atom is -0.268 e. The predicted molar refractivity (Wildman–Crippen MR) is 93.0 cm³/mol. The number of nitro groups is 1. The molecule has 1 aromatic heterocycles. The Morgan fingerprint density at radius 3 is 2.43 bits per heavy atom. The van der Waals surface area contributed by atoms with E-state index in [0.29, 0.717) is 14.9 Å². The van der Waals surface area contributed by atoms with Gasteiger partial charge in [-0.2, -0.15) is 0 Å². The fourth-order valence-electron chi connectivity index (χ4n) is 2.02. The first-order valence-corrected chi connectivity index (χ1v) is 7.71. The van der Waals surface area contributed by atoms with E-state index in [1.807, 2.05) is 0 Å². The van der Waals surface area contributed by atoms with Crippen LogP contribution in [0.15, 0.2) is 53.7 Å². The van der Waals surface area contributed by atoms with E-state index < -0.39 is 4.92 Å². The Balaban J connectivity index is 1.90. The number of benzene rings is 1. The van der Waals surface area contributed by atoms with Crippen LogP contribution in [-0.4, -0.2) is 20.1 Å². The maximum Gasteiger partial charge on any atom is 0.270 e. The van der Waals surface area contributed by atoms with Crippen LogP contribution in [-0.2, 0) is 4.79 Å². The number of thiocarbonyl (C=S) groups is 1. The summed E-state index contributed by atoms with van der Waals surface area (Å²) in [7, 11) is 0. The topological polar surface area (TPSA) is 76.3 Å². The highest BCUT2D eigenvalue weighted by molar-refractivity contribution is 8.27. The Labute approximate surface area is 141 Å². The lowest BCUT2D eigenvalue weighted by atomic mass is 10.2. The molecule has 1 aromatic carbocycles. The van der Waals surface area contributed by atoms with Crippen LogP contribution in [0.3, 0.4) is 0 Å². The predicted octanol–water partition coefficient (Wildman–Crippen LogP) is 3.40. The van der Waals surface area contributed by atoms with Gasteiger partial charge in [-0.05, 0) is 35.9 Å². The molecular formula is C15H9N3O3S2. The van der Waals surface area contributed by atoms with Crippen LogP contribution in [0, 0.1) is 10.1 Å². The Kier molecular flexibility index (Phi) is 4.18. The molecule has 0 unspecified atom stereocenters. The molecule has 1 saturated heterocycles. The van der Waals surface area contributed by atoms with Crippen molar-refractivity contribution in [2.24, 2.45) is 0 Å². The second-order valence-electron chi connectivity index (χ2n) is 4.57. The van der Waals surface area contributed by atoms with Gasteiger partial charge in [-0.25, -0.2) is 0 Å². The molecule has 0 N–H and O–H groups in total. The highest BCUT2D eigenvalue weighted by Gasteiger charge is 2.33. The largest absolute Gasteiger partial charge is 0.270 e. The molecule has 0 saturated carbocycles. The van der Waals surface area contributed by atoms with Crippen LogP contribution in [0.4, 0.5) is 11.4 Å². The summed E-state index contributed by atoms with van der Waals surface area (Å²) in [6, 6.07) is 9.30. The second-order valence-corrected chi connectivity index (χ2v) is 6.25. The maximum atomic E-state index is 12.5. The fraction of sp³-hybridized carbons (Fsp3) is 0. The van der Waals surface area contributed by atoms with Crippen molar-refractivity contribution < 1.29 is 9.72 Å². The smallest absolute Gasteiger partial charge is 0.268 e. The molecule has 0 aliphatic carbocycles. The van der Waals surface area contributed by atoms with E-state index >= 15 is 0 Å². The zero-order valence-corrected chi connectivity index (χ0v) is 13.2. The normalized spacial score (nSPS) is 16.2. The number of hydrogen-bond donors (Lipinski definition) is 0. The third-order valence-electron chi connectivity index (χ3n) is 3.12. The van der Waals surface area contributed by atoms with Crippen molar-refractivity contribution in [1.29, 1.82) is 0 Å². The van der Waals surface area contributed by atoms with E-state index in [9.17, 15) is 14.9 Å². The molecule has 114 valence electrons. The summed E-state index contributed by atoms with van der Waals surface area (Å²) in [5.74, 6) is -0.245. The van der Waals surface area contributed by atoms with Gasteiger partial charge in [-0.3, -0.25) is 24.8 Å². The number of rotatable bonds is 3. The molecule has 2 aromatic rings. The number of pyridine rings is 1. The van der Waals surface area contributed by atoms with Crippen molar-refractivity contribution in [3.05, 3.63) is 69.4 Å². The first-order chi connectivity index (χ1) is 11.1. The van der Waals surface area contributed by atoms with Crippen LogP contribution in [0.25, 0.3) is 6.08 Å². The number of amides is 1. The lowest BCUT2D eigenvalue weighted by molar-refractivity contribution is -0.384. The van der Waals surface area contributed by atoms with Gasteiger partial charge in [0.1, 0.15) is 0 Å². The highest BCUT2D eigenvalue weighted by atomic mass is 32.2. The van der Waals surface area contributed by atoms with Crippen molar-refractivity contribution in [2.45, 2.75) is 0 Å². The summed E-state index contributed by atoms with van der Waals surface area (Å²) in [6.07, 6.45) is 5.03. The van der Waals surface area contributed by atoms with Gasteiger partial charge in [-0.15, -0.1) is 0 Å². The Bertz CT molecular complexity index is 820. The average Bonchev–Trinajstić information content (AvgIpc) is 2.82. The highest BCUT2D eigenvalue weighted by Crippen LogP contribution is 2.36. The lowest BCUT2D eigenvalue weighted by Crippen LogP contribution is -2.27. The van der Waals surface area contributed by atoms with E-state index in [1.54, 1.807) is 30.6 Å². The minimum absolute atomic E-state index is 0.0356. The molecule has 2 heterocycles. The average molecular weight is 343 g/mol. The summed E-state index contributed by atoms with van der Waals surface area (Å²) in [5.41, 5.74) is 1.33. The molecule has 0 bridgehead atoms. The number of anilines is 1. The second kappa shape index (κ2) is 6.27. The van der Waals surface area contributed by atoms with E-state index in [1.165, 1.54) is 40.9 Å². The molecule has 1 aliphatic heterocycles. The Morgan fingerprint density at radius 1 is 1.17 bits per heavy atom. The molecule has 0 atom stereocenters. The van der Waals surface area contributed by atoms with Gasteiger partial charge in [0.15, 0.2) is 4.32 Å². The van der Waals surface area contributed by atoms with Gasteiger partial charge < -0.3 is 0 Å². The molecule has 3 rings (SSSR count). The van der Waals surface area contributed by atoms with Gasteiger partial charge in [0.2, 0.25) is 0 Å². The van der Waals surface area contributed by atoms with Gasteiger partial charge in [0, 0.05) is 24.5 Å². The molecule has 23 heavy (non-hydrogen) atoms. The third kappa shape index (κ3) is 3.13. The number of hydrogen-bond acceptors (Lipinski definition) is 6. The number of carbonyl (C=O) groups is 1. The Hall–Kier alpha value is -2.58. The van der Waals surface area contributed by atoms with E-state index in [4.69, 9.17) is 12.2 Å². The number of aromatic nitrogens is 1. The summed E-state index contributed by atoms with van der Waals surface area (Å²) in [5, 5.41) is 10.7. The lowest BCUT2D eigenvalue weighted by Gasteiger charge is -2.13. The molecule has 1 fully saturated rings. The number of nitrogens with zero attached hydrogens (tertiary/aromatic N) is 3. The standard InChI is InChI=1S/C15H9N3O3S2/c19-14-13(9-10-5-7-16-8-6-10)23-15(22)17(14)11-1-3-12(4-2-11)18(20)21/h1-9H/b13-9-. The van der Waals surface area contributed by atoms with Crippen molar-refractivity contribution >= 4 is 51.7 Å². The fourth-order valence-corrected chi connectivity index (χ4v) is 3.32. The first kappa shape index (κ1) is 15.3. The van der Waals surface area contributed by atoms with Gasteiger partial charge >= 0.3 is 0 Å². The van der Waals surface area contributed by atoms with Crippen LogP contribution < -0.4 is 4.90 Å². The first-order valence-electron chi connectivity index (χ1n) is 6.49. The van der Waals surface area contributed by atoms with Gasteiger partial charge in [-0.1, -0.05) is 24.0 Å². The SMILES string of the molecule is O=C1/C(=C/c2ccncc2)SC(=S)N1c1ccc([N+](=O)[O-])cc1. The molecular weight excluding hydrogens is 334 g/mol. The number of non-ortho nitro benzene ring substituents is 1. The summed E-state index contributed by atoms with van der Waals surface area (Å²) in [4.78, 5) is 28.5. The zero-order chi connectivity index (χ0) is 16.4. The van der Waals surface area contributed by atoms with Crippen LogP contribution in [0.5, 0.6) is 0 Å². The minimum atomic E-state index is -0.489. The number of nitro benzene ring substituents is 1.